The van der Waals surface area contributed by atoms with Gasteiger partial charge in [-0.1, -0.05) is 24.2 Å². The number of hydrogen-bond acceptors (Lipinski definition) is 4. The molecule has 2 heterocycles. The first-order valence-corrected chi connectivity index (χ1v) is 7.11. The molecule has 1 aromatic heterocycles. The summed E-state index contributed by atoms with van der Waals surface area (Å²) in [7, 11) is 0. The maximum absolute atomic E-state index is 12.3. The third-order valence-corrected chi connectivity index (χ3v) is 5.30. The van der Waals surface area contributed by atoms with Crippen LogP contribution in [0.25, 0.3) is 0 Å². The molecule has 1 saturated carbocycles. The van der Waals surface area contributed by atoms with E-state index in [1.807, 2.05) is 4.90 Å². The fourth-order valence-corrected chi connectivity index (χ4v) is 4.24. The molecule has 0 spiro atoms. The minimum Gasteiger partial charge on any atom is -0.324 e. The molecule has 20 heavy (non-hydrogen) atoms. The van der Waals surface area contributed by atoms with Crippen molar-refractivity contribution < 1.29 is 9.32 Å². The largest absolute Gasteiger partial charge is 0.329 e. The molecule has 2 fully saturated rings. The number of urea groups is 1. The lowest BCUT2D eigenvalue weighted by atomic mass is 9.72. The molecule has 1 aliphatic heterocycles. The van der Waals surface area contributed by atoms with E-state index in [1.54, 1.807) is 6.92 Å². The van der Waals surface area contributed by atoms with Gasteiger partial charge in [0.2, 0.25) is 0 Å². The van der Waals surface area contributed by atoms with Crippen LogP contribution in [0.1, 0.15) is 19.2 Å². The summed E-state index contributed by atoms with van der Waals surface area (Å²) in [6, 6.07) is 0.0412. The van der Waals surface area contributed by atoms with Crippen LogP contribution in [0, 0.1) is 30.1 Å². The number of amides is 2. The second-order valence-corrected chi connectivity index (χ2v) is 6.46. The molecule has 1 aromatic rings. The van der Waals surface area contributed by atoms with E-state index in [0.717, 1.165) is 13.1 Å². The highest BCUT2D eigenvalue weighted by molar-refractivity contribution is 5.87. The Morgan fingerprint density at radius 3 is 3.10 bits per heavy atom. The van der Waals surface area contributed by atoms with Crippen molar-refractivity contribution >= 4 is 12.0 Å². The van der Waals surface area contributed by atoms with E-state index in [0.29, 0.717) is 23.6 Å². The lowest BCUT2D eigenvalue weighted by molar-refractivity contribution is 0.202. The molecule has 3 aliphatic rings. The van der Waals surface area contributed by atoms with Crippen LogP contribution in [-0.4, -0.2) is 34.2 Å². The molecule has 4 atom stereocenters. The van der Waals surface area contributed by atoms with Gasteiger partial charge in [-0.15, -0.1) is 0 Å². The molecule has 2 aliphatic carbocycles. The number of fused-ring (bicyclic) bond motifs is 5. The Morgan fingerprint density at radius 2 is 2.40 bits per heavy atom. The second kappa shape index (κ2) is 3.84. The fourth-order valence-electron chi connectivity index (χ4n) is 4.24. The van der Waals surface area contributed by atoms with Crippen molar-refractivity contribution in [3.05, 3.63) is 18.0 Å². The zero-order chi connectivity index (χ0) is 13.9. The van der Waals surface area contributed by atoms with Crippen molar-refractivity contribution in [3.63, 3.8) is 0 Å². The number of rotatable bonds is 1. The summed E-state index contributed by atoms with van der Waals surface area (Å²) in [5.41, 5.74) is 0.238. The Hall–Kier alpha value is -1.85. The van der Waals surface area contributed by atoms with Crippen molar-refractivity contribution in [2.45, 2.75) is 20.3 Å². The van der Waals surface area contributed by atoms with E-state index in [2.05, 4.69) is 34.5 Å². The van der Waals surface area contributed by atoms with Crippen LogP contribution in [0.2, 0.25) is 0 Å². The van der Waals surface area contributed by atoms with Gasteiger partial charge in [0.05, 0.1) is 0 Å². The Morgan fingerprint density at radius 1 is 1.55 bits per heavy atom. The number of carbonyl (C=O) groups is 1. The minimum absolute atomic E-state index is 0.135. The van der Waals surface area contributed by atoms with Gasteiger partial charge in [0.15, 0.2) is 5.82 Å². The topological polar surface area (TPSA) is 71.3 Å². The minimum atomic E-state index is -0.135. The van der Waals surface area contributed by atoms with Crippen LogP contribution in [0.5, 0.6) is 0 Å². The van der Waals surface area contributed by atoms with Crippen molar-refractivity contribution in [3.8, 4) is 0 Å². The molecule has 1 N–H and O–H groups in total. The summed E-state index contributed by atoms with van der Waals surface area (Å²) < 4.78 is 4.94. The zero-order valence-electron chi connectivity index (χ0n) is 11.7. The van der Waals surface area contributed by atoms with E-state index in [4.69, 9.17) is 4.52 Å². The number of carbonyl (C=O) groups excluding carboxylic acids is 1. The Labute approximate surface area is 117 Å². The number of nitrogens with zero attached hydrogens (tertiary/aromatic N) is 3. The smallest absolute Gasteiger partial charge is 0.324 e. The molecule has 6 heteroatoms. The van der Waals surface area contributed by atoms with Crippen LogP contribution < -0.4 is 5.32 Å². The number of nitrogens with one attached hydrogen (secondary N) is 1. The standard InChI is InChI=1S/C14H18N4O2/c1-8-15-12(20-17-8)16-13(19)18-6-11-9-3-4-10(5-9)14(11,2)7-18/h3-4,9-11H,5-7H2,1-2H3,(H,15,16,17,19)/t9-,10+,11-,14+/m1/s1. The molecule has 0 radical (unpaired) electrons. The third kappa shape index (κ3) is 1.53. The third-order valence-electron chi connectivity index (χ3n) is 5.30. The van der Waals surface area contributed by atoms with E-state index in [1.165, 1.54) is 6.42 Å². The van der Waals surface area contributed by atoms with Crippen LogP contribution in [0.3, 0.4) is 0 Å². The highest BCUT2D eigenvalue weighted by Crippen LogP contribution is 2.59. The summed E-state index contributed by atoms with van der Waals surface area (Å²) in [6.07, 6.45) is 5.93. The molecule has 106 valence electrons. The second-order valence-electron chi connectivity index (χ2n) is 6.46. The maximum Gasteiger partial charge on any atom is 0.329 e. The molecule has 2 amide bonds. The van der Waals surface area contributed by atoms with E-state index < -0.39 is 0 Å². The number of allylic oxidation sites excluding steroid dienone is 2. The quantitative estimate of drug-likeness (QED) is 0.796. The summed E-state index contributed by atoms with van der Waals surface area (Å²) in [6.45, 7) is 5.67. The van der Waals surface area contributed by atoms with Gasteiger partial charge in [-0.2, -0.15) is 4.98 Å². The number of anilines is 1. The first-order valence-electron chi connectivity index (χ1n) is 7.11. The van der Waals surface area contributed by atoms with Gasteiger partial charge in [-0.05, 0) is 36.5 Å². The van der Waals surface area contributed by atoms with Gasteiger partial charge in [-0.25, -0.2) is 4.79 Å². The van der Waals surface area contributed by atoms with Crippen molar-refractivity contribution in [1.29, 1.82) is 0 Å². The molecule has 6 nitrogen and oxygen atoms in total. The van der Waals surface area contributed by atoms with Crippen molar-refractivity contribution in [2.24, 2.45) is 23.2 Å². The maximum atomic E-state index is 12.3. The molecular formula is C14H18N4O2. The Balaban J connectivity index is 1.48. The van der Waals surface area contributed by atoms with Gasteiger partial charge in [-0.3, -0.25) is 5.32 Å². The highest BCUT2D eigenvalue weighted by atomic mass is 16.5. The van der Waals surface area contributed by atoms with E-state index in [-0.39, 0.29) is 17.5 Å². The number of likely N-dealkylation sites (tertiary alicyclic amines) is 1. The molecular weight excluding hydrogens is 256 g/mol. The van der Waals surface area contributed by atoms with Crippen molar-refractivity contribution in [2.75, 3.05) is 18.4 Å². The summed E-state index contributed by atoms with van der Waals surface area (Å²) in [5.74, 6) is 2.38. The van der Waals surface area contributed by atoms with Crippen molar-refractivity contribution in [1.82, 2.24) is 15.0 Å². The van der Waals surface area contributed by atoms with Crippen LogP contribution >= 0.6 is 0 Å². The normalized spacial score (nSPS) is 37.5. The number of hydrogen-bond donors (Lipinski definition) is 1. The lowest BCUT2D eigenvalue weighted by Gasteiger charge is -2.31. The van der Waals surface area contributed by atoms with Gasteiger partial charge in [0.1, 0.15) is 0 Å². The average molecular weight is 274 g/mol. The number of aryl methyl sites for hydroxylation is 1. The molecule has 0 aromatic carbocycles. The van der Waals surface area contributed by atoms with Gasteiger partial charge < -0.3 is 9.42 Å². The molecule has 2 bridgehead atoms. The summed E-state index contributed by atoms with van der Waals surface area (Å²) in [4.78, 5) is 18.2. The van der Waals surface area contributed by atoms with Crippen LogP contribution in [0.15, 0.2) is 16.7 Å². The Kier molecular flexibility index (Phi) is 2.29. The summed E-state index contributed by atoms with van der Waals surface area (Å²) in [5, 5.41) is 6.36. The molecule has 4 rings (SSSR count). The lowest BCUT2D eigenvalue weighted by Crippen LogP contribution is -2.36. The predicted molar refractivity (Wildman–Crippen MR) is 72.0 cm³/mol. The molecule has 1 saturated heterocycles. The number of aromatic nitrogens is 2. The predicted octanol–water partition coefficient (Wildman–Crippen LogP) is 2.05. The Bertz CT molecular complexity index is 596. The highest BCUT2D eigenvalue weighted by Gasteiger charge is 2.58. The average Bonchev–Trinajstić information content (AvgIpc) is 3.10. The monoisotopic (exact) mass is 274 g/mol. The molecule has 0 unspecified atom stereocenters. The van der Waals surface area contributed by atoms with Gasteiger partial charge >= 0.3 is 12.0 Å². The van der Waals surface area contributed by atoms with Crippen LogP contribution in [0.4, 0.5) is 10.8 Å². The SMILES string of the molecule is Cc1noc(NC(=O)N2C[C@@H]3[C@@H]4C=C[C@@H](C4)[C@]3(C)C2)n1. The van der Waals surface area contributed by atoms with E-state index >= 15 is 0 Å². The summed E-state index contributed by atoms with van der Waals surface area (Å²) >= 11 is 0. The first-order chi connectivity index (χ1) is 9.56. The van der Waals surface area contributed by atoms with Crippen LogP contribution in [-0.2, 0) is 0 Å². The van der Waals surface area contributed by atoms with E-state index in [9.17, 15) is 4.79 Å². The fraction of sp³-hybridized carbons (Fsp3) is 0.643. The van der Waals surface area contributed by atoms with Gasteiger partial charge in [0, 0.05) is 13.1 Å². The zero-order valence-corrected chi connectivity index (χ0v) is 11.7. The van der Waals surface area contributed by atoms with Gasteiger partial charge in [0.25, 0.3) is 0 Å². The first kappa shape index (κ1) is 11.9.